The number of ether oxygens (including phenoxy) is 1. The first-order chi connectivity index (χ1) is 15.8. The molecule has 1 unspecified atom stereocenters. The zero-order valence-corrected chi connectivity index (χ0v) is 17.9. The minimum Gasteiger partial charge on any atom is -0.507 e. The number of amides is 1. The van der Waals surface area contributed by atoms with Gasteiger partial charge in [0.1, 0.15) is 11.6 Å². The fourth-order valence-electron chi connectivity index (χ4n) is 3.90. The SMILES string of the molecule is COC(=O)c1cccc(N2C(=O)C(=O)/C(=C(/O)c3ccc(F)c(C)c3)C2c2ccccc2)c1. The zero-order chi connectivity index (χ0) is 23.7. The zero-order valence-electron chi connectivity index (χ0n) is 17.9. The lowest BCUT2D eigenvalue weighted by Crippen LogP contribution is -2.29. The van der Waals surface area contributed by atoms with Crippen LogP contribution in [-0.2, 0) is 14.3 Å². The third-order valence-corrected chi connectivity index (χ3v) is 5.54. The van der Waals surface area contributed by atoms with E-state index < -0.39 is 35.3 Å². The van der Waals surface area contributed by atoms with E-state index in [0.29, 0.717) is 11.3 Å². The molecule has 0 radical (unpaired) electrons. The van der Waals surface area contributed by atoms with Gasteiger partial charge in [-0.05, 0) is 54.4 Å². The molecule has 6 nitrogen and oxygen atoms in total. The molecule has 0 aromatic heterocycles. The number of esters is 1. The molecule has 1 saturated heterocycles. The Morgan fingerprint density at radius 1 is 0.970 bits per heavy atom. The number of methoxy groups -OCH3 is 1. The van der Waals surface area contributed by atoms with Gasteiger partial charge in [-0.3, -0.25) is 14.5 Å². The van der Waals surface area contributed by atoms with E-state index in [-0.39, 0.29) is 22.3 Å². The van der Waals surface area contributed by atoms with Crippen LogP contribution in [0.3, 0.4) is 0 Å². The van der Waals surface area contributed by atoms with Gasteiger partial charge in [0.05, 0.1) is 24.3 Å². The summed E-state index contributed by atoms with van der Waals surface area (Å²) in [7, 11) is 1.25. The Morgan fingerprint density at radius 3 is 2.36 bits per heavy atom. The third kappa shape index (κ3) is 3.89. The molecule has 1 fully saturated rings. The molecule has 1 aliphatic heterocycles. The Morgan fingerprint density at radius 2 is 1.70 bits per heavy atom. The van der Waals surface area contributed by atoms with E-state index in [1.54, 1.807) is 42.5 Å². The second-order valence-electron chi connectivity index (χ2n) is 7.59. The third-order valence-electron chi connectivity index (χ3n) is 5.54. The molecule has 1 N–H and O–H groups in total. The van der Waals surface area contributed by atoms with E-state index in [9.17, 15) is 23.9 Å². The number of hydrogen-bond acceptors (Lipinski definition) is 5. The second kappa shape index (κ2) is 8.70. The van der Waals surface area contributed by atoms with Crippen LogP contribution < -0.4 is 4.90 Å². The number of benzene rings is 3. The lowest BCUT2D eigenvalue weighted by molar-refractivity contribution is -0.132. The summed E-state index contributed by atoms with van der Waals surface area (Å²) in [6, 6.07) is 17.9. The second-order valence-corrected chi connectivity index (χ2v) is 7.59. The summed E-state index contributed by atoms with van der Waals surface area (Å²) >= 11 is 0. The molecular weight excluding hydrogens is 425 g/mol. The average molecular weight is 445 g/mol. The number of aliphatic hydroxyl groups excluding tert-OH is 1. The molecule has 166 valence electrons. The summed E-state index contributed by atoms with van der Waals surface area (Å²) in [5.74, 6) is -3.19. The number of carbonyl (C=O) groups is 3. The van der Waals surface area contributed by atoms with Gasteiger partial charge in [0, 0.05) is 11.3 Å². The van der Waals surface area contributed by atoms with E-state index in [2.05, 4.69) is 0 Å². The molecule has 0 saturated carbocycles. The van der Waals surface area contributed by atoms with Crippen molar-refractivity contribution in [1.29, 1.82) is 0 Å². The summed E-state index contributed by atoms with van der Waals surface area (Å²) in [5.41, 5.74) is 1.47. The highest BCUT2D eigenvalue weighted by molar-refractivity contribution is 6.51. The quantitative estimate of drug-likeness (QED) is 0.276. The van der Waals surface area contributed by atoms with Gasteiger partial charge in [0.25, 0.3) is 11.7 Å². The minimum absolute atomic E-state index is 0.124. The highest BCUT2D eigenvalue weighted by Crippen LogP contribution is 2.42. The largest absolute Gasteiger partial charge is 0.507 e. The number of rotatable bonds is 4. The lowest BCUT2D eigenvalue weighted by Gasteiger charge is -2.25. The normalized spacial score (nSPS) is 17.3. The number of carbonyl (C=O) groups excluding carboxylic acids is 3. The molecule has 33 heavy (non-hydrogen) atoms. The van der Waals surface area contributed by atoms with Gasteiger partial charge in [0.15, 0.2) is 0 Å². The van der Waals surface area contributed by atoms with Crippen molar-refractivity contribution in [3.63, 3.8) is 0 Å². The summed E-state index contributed by atoms with van der Waals surface area (Å²) in [6.45, 7) is 1.54. The fourth-order valence-corrected chi connectivity index (χ4v) is 3.90. The summed E-state index contributed by atoms with van der Waals surface area (Å²) in [6.07, 6.45) is 0. The van der Waals surface area contributed by atoms with Crippen molar-refractivity contribution in [3.8, 4) is 0 Å². The first kappa shape index (κ1) is 22.0. The molecule has 0 spiro atoms. The molecule has 1 amide bonds. The van der Waals surface area contributed by atoms with Gasteiger partial charge in [-0.15, -0.1) is 0 Å². The molecule has 3 aromatic carbocycles. The number of hydrogen-bond donors (Lipinski definition) is 1. The highest BCUT2D eigenvalue weighted by atomic mass is 19.1. The van der Waals surface area contributed by atoms with Crippen LogP contribution in [-0.4, -0.2) is 29.9 Å². The number of anilines is 1. The van der Waals surface area contributed by atoms with E-state index in [1.807, 2.05) is 0 Å². The average Bonchev–Trinajstić information content (AvgIpc) is 3.11. The maximum atomic E-state index is 13.8. The van der Waals surface area contributed by atoms with Crippen molar-refractivity contribution >= 4 is 29.1 Å². The summed E-state index contributed by atoms with van der Waals surface area (Å²) < 4.78 is 18.5. The topological polar surface area (TPSA) is 83.9 Å². The number of halogens is 1. The molecule has 7 heteroatoms. The maximum absolute atomic E-state index is 13.8. The van der Waals surface area contributed by atoms with Gasteiger partial charge in [0.2, 0.25) is 0 Å². The molecular formula is C26H20FNO5. The van der Waals surface area contributed by atoms with E-state index in [4.69, 9.17) is 4.74 Å². The molecule has 4 rings (SSSR count). The first-order valence-corrected chi connectivity index (χ1v) is 10.1. The summed E-state index contributed by atoms with van der Waals surface area (Å²) in [4.78, 5) is 39.6. The number of aliphatic hydroxyl groups is 1. The van der Waals surface area contributed by atoms with Crippen LogP contribution in [0, 0.1) is 12.7 Å². The Labute approximate surface area is 189 Å². The molecule has 3 aromatic rings. The smallest absolute Gasteiger partial charge is 0.337 e. The predicted octanol–water partition coefficient (Wildman–Crippen LogP) is 4.55. The van der Waals surface area contributed by atoms with E-state index >= 15 is 0 Å². The molecule has 0 aliphatic carbocycles. The predicted molar refractivity (Wildman–Crippen MR) is 120 cm³/mol. The van der Waals surface area contributed by atoms with Crippen LogP contribution in [0.4, 0.5) is 10.1 Å². The van der Waals surface area contributed by atoms with Crippen LogP contribution in [0.1, 0.15) is 33.1 Å². The molecule has 1 aliphatic rings. The van der Waals surface area contributed by atoms with Gasteiger partial charge >= 0.3 is 5.97 Å². The Bertz CT molecular complexity index is 1300. The van der Waals surface area contributed by atoms with E-state index in [1.165, 1.54) is 49.3 Å². The molecule has 0 bridgehead atoms. The minimum atomic E-state index is -0.954. The van der Waals surface area contributed by atoms with Gasteiger partial charge in [-0.2, -0.15) is 0 Å². The van der Waals surface area contributed by atoms with Crippen LogP contribution >= 0.6 is 0 Å². The van der Waals surface area contributed by atoms with Crippen molar-refractivity contribution in [2.75, 3.05) is 12.0 Å². The standard InChI is InChI=1S/C26H20FNO5/c1-15-13-17(11-12-20(15)27)23(29)21-22(16-7-4-3-5-8-16)28(25(31)24(21)30)19-10-6-9-18(14-19)26(32)33-2/h3-14,22,29H,1-2H3/b23-21+. The number of Topliss-reactive ketones (excluding diaryl/α,β-unsaturated/α-hetero) is 1. The van der Waals surface area contributed by atoms with Gasteiger partial charge in [-0.25, -0.2) is 9.18 Å². The van der Waals surface area contributed by atoms with Crippen LogP contribution in [0.15, 0.2) is 78.4 Å². The van der Waals surface area contributed by atoms with Crippen LogP contribution in [0.25, 0.3) is 5.76 Å². The number of ketones is 1. The van der Waals surface area contributed by atoms with Crippen LogP contribution in [0.5, 0.6) is 0 Å². The van der Waals surface area contributed by atoms with Crippen molar-refractivity contribution in [3.05, 3.63) is 106 Å². The van der Waals surface area contributed by atoms with Crippen molar-refractivity contribution < 1.29 is 28.6 Å². The van der Waals surface area contributed by atoms with Gasteiger partial charge in [-0.1, -0.05) is 36.4 Å². The number of aryl methyl sites for hydroxylation is 1. The Hall–Kier alpha value is -4.26. The number of nitrogens with zero attached hydrogens (tertiary/aromatic N) is 1. The first-order valence-electron chi connectivity index (χ1n) is 10.1. The van der Waals surface area contributed by atoms with Crippen LogP contribution in [0.2, 0.25) is 0 Å². The van der Waals surface area contributed by atoms with Crippen molar-refractivity contribution in [2.24, 2.45) is 0 Å². The highest BCUT2D eigenvalue weighted by Gasteiger charge is 2.47. The molecule has 1 heterocycles. The monoisotopic (exact) mass is 445 g/mol. The maximum Gasteiger partial charge on any atom is 0.337 e. The summed E-state index contributed by atoms with van der Waals surface area (Å²) in [5, 5.41) is 11.1. The lowest BCUT2D eigenvalue weighted by atomic mass is 9.94. The van der Waals surface area contributed by atoms with E-state index in [0.717, 1.165) is 0 Å². The van der Waals surface area contributed by atoms with Crippen molar-refractivity contribution in [1.82, 2.24) is 0 Å². The fraction of sp³-hybridized carbons (Fsp3) is 0.115. The Kier molecular flexibility index (Phi) is 5.79. The van der Waals surface area contributed by atoms with Gasteiger partial charge < -0.3 is 9.84 Å². The molecule has 1 atom stereocenters. The van der Waals surface area contributed by atoms with Crippen molar-refractivity contribution in [2.45, 2.75) is 13.0 Å². The Balaban J connectivity index is 1.93.